The highest BCUT2D eigenvalue weighted by atomic mass is 16.5. The predicted molar refractivity (Wildman–Crippen MR) is 58.4 cm³/mol. The second kappa shape index (κ2) is 8.26. The minimum atomic E-state index is -0.324. The zero-order chi connectivity index (χ0) is 11.7. The summed E-state index contributed by atoms with van der Waals surface area (Å²) in [5.41, 5.74) is 0. The van der Waals surface area contributed by atoms with Crippen LogP contribution in [0, 0.1) is 0 Å². The van der Waals surface area contributed by atoms with Crippen molar-refractivity contribution in [1.29, 1.82) is 0 Å². The van der Waals surface area contributed by atoms with Crippen molar-refractivity contribution < 1.29 is 14.3 Å². The fourth-order valence-electron chi connectivity index (χ4n) is 1.14. The summed E-state index contributed by atoms with van der Waals surface area (Å²) < 4.78 is 4.98. The smallest absolute Gasteiger partial charge is 0.325 e. The van der Waals surface area contributed by atoms with Gasteiger partial charge in [-0.15, -0.1) is 0 Å². The molecule has 15 heavy (non-hydrogen) atoms. The molecule has 0 radical (unpaired) electrons. The summed E-state index contributed by atoms with van der Waals surface area (Å²) in [6.45, 7) is 4.38. The lowest BCUT2D eigenvalue weighted by Crippen LogP contribution is -2.32. The van der Waals surface area contributed by atoms with Crippen molar-refractivity contribution in [2.45, 2.75) is 39.5 Å². The lowest BCUT2D eigenvalue weighted by atomic mass is 10.3. The molecule has 4 heteroatoms. The quantitative estimate of drug-likeness (QED) is 0.478. The van der Waals surface area contributed by atoms with Crippen molar-refractivity contribution in [2.24, 2.45) is 0 Å². The Morgan fingerprint density at radius 1 is 1.20 bits per heavy atom. The molecule has 0 spiro atoms. The molecule has 1 amide bonds. The first-order valence-electron chi connectivity index (χ1n) is 5.51. The van der Waals surface area contributed by atoms with Crippen molar-refractivity contribution >= 4 is 11.9 Å². The van der Waals surface area contributed by atoms with E-state index >= 15 is 0 Å². The molecule has 0 aromatic heterocycles. The van der Waals surface area contributed by atoms with E-state index in [4.69, 9.17) is 4.74 Å². The van der Waals surface area contributed by atoms with Crippen LogP contribution in [0.4, 0.5) is 0 Å². The fourth-order valence-corrected chi connectivity index (χ4v) is 1.14. The van der Waals surface area contributed by atoms with E-state index in [1.807, 2.05) is 0 Å². The maximum Gasteiger partial charge on any atom is 0.325 e. The van der Waals surface area contributed by atoms with Crippen LogP contribution in [-0.4, -0.2) is 37.0 Å². The summed E-state index contributed by atoms with van der Waals surface area (Å²) in [6, 6.07) is 0. The third-order valence-electron chi connectivity index (χ3n) is 2.11. The third-order valence-corrected chi connectivity index (χ3v) is 2.11. The number of likely N-dealkylation sites (N-methyl/N-ethyl adjacent to an activating group) is 1. The van der Waals surface area contributed by atoms with Crippen molar-refractivity contribution in [3.05, 3.63) is 0 Å². The molecule has 0 aliphatic heterocycles. The average molecular weight is 215 g/mol. The maximum atomic E-state index is 11.2. The van der Waals surface area contributed by atoms with E-state index in [-0.39, 0.29) is 18.4 Å². The molecule has 0 aliphatic carbocycles. The first kappa shape index (κ1) is 13.9. The summed E-state index contributed by atoms with van der Waals surface area (Å²) >= 11 is 0. The number of amides is 1. The second-order valence-electron chi connectivity index (χ2n) is 3.53. The maximum absolute atomic E-state index is 11.2. The standard InChI is InChI=1S/C11H21NO3/c1-4-6-7-8-15-11(14)9-12(3)10(13)5-2/h4-9H2,1-3H3. The predicted octanol–water partition coefficient (Wildman–Crippen LogP) is 1.59. The van der Waals surface area contributed by atoms with Gasteiger partial charge in [-0.2, -0.15) is 0 Å². The molecule has 0 heterocycles. The molecule has 0 aliphatic rings. The van der Waals surface area contributed by atoms with Crippen molar-refractivity contribution in [3.63, 3.8) is 0 Å². The number of ether oxygens (including phenoxy) is 1. The van der Waals surface area contributed by atoms with E-state index in [2.05, 4.69) is 6.92 Å². The van der Waals surface area contributed by atoms with E-state index < -0.39 is 0 Å². The molecule has 0 N–H and O–H groups in total. The van der Waals surface area contributed by atoms with Gasteiger partial charge in [-0.05, 0) is 6.42 Å². The second-order valence-corrected chi connectivity index (χ2v) is 3.53. The number of hydrogen-bond donors (Lipinski definition) is 0. The largest absolute Gasteiger partial charge is 0.464 e. The Hall–Kier alpha value is -1.06. The van der Waals surface area contributed by atoms with E-state index in [0.717, 1.165) is 19.3 Å². The van der Waals surface area contributed by atoms with Crippen LogP contribution in [0.3, 0.4) is 0 Å². The molecule has 0 bridgehead atoms. The minimum absolute atomic E-state index is 0.0412. The highest BCUT2D eigenvalue weighted by molar-refractivity contribution is 5.81. The molecule has 0 aromatic carbocycles. The molecule has 88 valence electrons. The van der Waals surface area contributed by atoms with Crippen LogP contribution in [0.15, 0.2) is 0 Å². The molecule has 0 fully saturated rings. The van der Waals surface area contributed by atoms with E-state index in [9.17, 15) is 9.59 Å². The van der Waals surface area contributed by atoms with Crippen LogP contribution < -0.4 is 0 Å². The van der Waals surface area contributed by atoms with Gasteiger partial charge in [0.1, 0.15) is 6.54 Å². The van der Waals surface area contributed by atoms with Crippen LogP contribution in [-0.2, 0) is 14.3 Å². The van der Waals surface area contributed by atoms with Gasteiger partial charge in [0.25, 0.3) is 0 Å². The van der Waals surface area contributed by atoms with Gasteiger partial charge in [0.2, 0.25) is 5.91 Å². The normalized spacial score (nSPS) is 9.80. The van der Waals surface area contributed by atoms with Gasteiger partial charge in [-0.3, -0.25) is 9.59 Å². The molecular weight excluding hydrogens is 194 g/mol. The number of carbonyl (C=O) groups excluding carboxylic acids is 2. The number of esters is 1. The highest BCUT2D eigenvalue weighted by Crippen LogP contribution is 1.96. The first-order chi connectivity index (χ1) is 7.11. The van der Waals surface area contributed by atoms with Gasteiger partial charge in [-0.1, -0.05) is 26.7 Å². The Morgan fingerprint density at radius 2 is 1.87 bits per heavy atom. The monoisotopic (exact) mass is 215 g/mol. The minimum Gasteiger partial charge on any atom is -0.464 e. The number of carbonyl (C=O) groups is 2. The van der Waals surface area contributed by atoms with Crippen LogP contribution in [0.2, 0.25) is 0 Å². The Bertz CT molecular complexity index is 204. The van der Waals surface area contributed by atoms with Crippen molar-refractivity contribution in [3.8, 4) is 0 Å². The molecular formula is C11H21NO3. The third kappa shape index (κ3) is 6.94. The molecule has 0 saturated carbocycles. The summed E-state index contributed by atoms with van der Waals surface area (Å²) in [6.07, 6.45) is 3.48. The molecule has 0 atom stereocenters. The summed E-state index contributed by atoms with van der Waals surface area (Å²) in [4.78, 5) is 23.8. The van der Waals surface area contributed by atoms with Crippen LogP contribution >= 0.6 is 0 Å². The number of rotatable bonds is 7. The topological polar surface area (TPSA) is 46.6 Å². The van der Waals surface area contributed by atoms with Crippen molar-refractivity contribution in [2.75, 3.05) is 20.2 Å². The van der Waals surface area contributed by atoms with E-state index in [1.54, 1.807) is 14.0 Å². The van der Waals surface area contributed by atoms with Gasteiger partial charge < -0.3 is 9.64 Å². The fraction of sp³-hybridized carbons (Fsp3) is 0.818. The van der Waals surface area contributed by atoms with Gasteiger partial charge in [0.15, 0.2) is 0 Å². The molecule has 0 aromatic rings. The zero-order valence-corrected chi connectivity index (χ0v) is 9.91. The first-order valence-corrected chi connectivity index (χ1v) is 5.51. The van der Waals surface area contributed by atoms with Crippen LogP contribution in [0.1, 0.15) is 39.5 Å². The molecule has 0 rings (SSSR count). The van der Waals surface area contributed by atoms with Crippen LogP contribution in [0.25, 0.3) is 0 Å². The van der Waals surface area contributed by atoms with Crippen LogP contribution in [0.5, 0.6) is 0 Å². The highest BCUT2D eigenvalue weighted by Gasteiger charge is 2.11. The lowest BCUT2D eigenvalue weighted by molar-refractivity contribution is -0.148. The SMILES string of the molecule is CCCCCOC(=O)CN(C)C(=O)CC. The van der Waals surface area contributed by atoms with E-state index in [1.165, 1.54) is 4.90 Å². The van der Waals surface area contributed by atoms with Gasteiger partial charge in [0, 0.05) is 13.5 Å². The lowest BCUT2D eigenvalue weighted by Gasteiger charge is -2.15. The number of unbranched alkanes of at least 4 members (excludes halogenated alkanes) is 2. The van der Waals surface area contributed by atoms with Crippen molar-refractivity contribution in [1.82, 2.24) is 4.90 Å². The Labute approximate surface area is 91.6 Å². The van der Waals surface area contributed by atoms with Gasteiger partial charge in [-0.25, -0.2) is 0 Å². The summed E-state index contributed by atoms with van der Waals surface area (Å²) in [5, 5.41) is 0. The molecule has 0 unspecified atom stereocenters. The number of hydrogen-bond acceptors (Lipinski definition) is 3. The average Bonchev–Trinajstić information content (AvgIpc) is 2.23. The summed E-state index contributed by atoms with van der Waals surface area (Å²) in [7, 11) is 1.61. The summed E-state index contributed by atoms with van der Waals surface area (Å²) in [5.74, 6) is -0.365. The van der Waals surface area contributed by atoms with E-state index in [0.29, 0.717) is 13.0 Å². The number of nitrogens with zero attached hydrogens (tertiary/aromatic N) is 1. The van der Waals surface area contributed by atoms with Gasteiger partial charge in [0.05, 0.1) is 6.61 Å². The van der Waals surface area contributed by atoms with Gasteiger partial charge >= 0.3 is 5.97 Å². The zero-order valence-electron chi connectivity index (χ0n) is 9.91. The Kier molecular flexibility index (Phi) is 7.68. The molecule has 0 saturated heterocycles. The Morgan fingerprint density at radius 3 is 2.40 bits per heavy atom. The Balaban J connectivity index is 3.60. The molecule has 4 nitrogen and oxygen atoms in total.